The van der Waals surface area contributed by atoms with Crippen molar-refractivity contribution in [1.29, 1.82) is 0 Å². The number of hydrogen-bond acceptors (Lipinski definition) is 5. The smallest absolute Gasteiger partial charge is 0.260 e. The summed E-state index contributed by atoms with van der Waals surface area (Å²) in [5.41, 5.74) is 6.27. The number of imidazole rings is 1. The van der Waals surface area contributed by atoms with Crippen LogP contribution in [0.3, 0.4) is 0 Å². The van der Waals surface area contributed by atoms with Crippen molar-refractivity contribution in [3.8, 4) is 0 Å². The van der Waals surface area contributed by atoms with Gasteiger partial charge in [-0.3, -0.25) is 14.9 Å². The fraction of sp³-hybridized carbons (Fsp3) is 0. The summed E-state index contributed by atoms with van der Waals surface area (Å²) in [6.07, 6.45) is 3.02. The van der Waals surface area contributed by atoms with E-state index in [1.807, 2.05) is 0 Å². The van der Waals surface area contributed by atoms with Crippen molar-refractivity contribution in [1.82, 2.24) is 15.3 Å². The van der Waals surface area contributed by atoms with E-state index in [1.54, 1.807) is 18.3 Å². The number of aromatic amines is 1. The number of carbonyl (C=O) groups is 2. The fourth-order valence-corrected chi connectivity index (χ4v) is 2.48. The van der Waals surface area contributed by atoms with Crippen molar-refractivity contribution in [2.45, 2.75) is 0 Å². The van der Waals surface area contributed by atoms with Gasteiger partial charge >= 0.3 is 0 Å². The summed E-state index contributed by atoms with van der Waals surface area (Å²) in [4.78, 5) is 31.4. The highest BCUT2D eigenvalue weighted by molar-refractivity contribution is 6.09. The number of benzene rings is 2. The molecule has 2 aromatic carbocycles. The number of halogens is 2. The molecule has 29 heavy (non-hydrogen) atoms. The molecule has 148 valence electrons. The first-order valence-corrected chi connectivity index (χ1v) is 8.26. The molecular formula is C19H16F2N6O2. The number of hydrogen-bond donors (Lipinski definition) is 5. The van der Waals surface area contributed by atoms with Gasteiger partial charge in [0.1, 0.15) is 17.5 Å². The van der Waals surface area contributed by atoms with Crippen LogP contribution in [0.1, 0.15) is 20.7 Å². The summed E-state index contributed by atoms with van der Waals surface area (Å²) in [6.45, 7) is 3.64. The normalized spacial score (nSPS) is 10.3. The minimum absolute atomic E-state index is 0.0513. The highest BCUT2D eigenvalue weighted by Crippen LogP contribution is 2.25. The molecule has 1 heterocycles. The molecule has 10 heteroatoms. The maximum Gasteiger partial charge on any atom is 0.260 e. The molecule has 0 fully saturated rings. The lowest BCUT2D eigenvalue weighted by Crippen LogP contribution is -2.27. The SMILES string of the molecule is C=C(NC(=O)c1cc(F)cc(F)c1)Nc1c(N)cccc1C(=O)Nc1ncc[nH]1. The minimum atomic E-state index is -0.891. The van der Waals surface area contributed by atoms with E-state index in [1.165, 1.54) is 12.3 Å². The highest BCUT2D eigenvalue weighted by atomic mass is 19.1. The van der Waals surface area contributed by atoms with Crippen molar-refractivity contribution in [3.63, 3.8) is 0 Å². The number of nitrogens with one attached hydrogen (secondary N) is 4. The highest BCUT2D eigenvalue weighted by Gasteiger charge is 2.17. The lowest BCUT2D eigenvalue weighted by molar-refractivity contribution is 0.0965. The van der Waals surface area contributed by atoms with Gasteiger partial charge in [-0.05, 0) is 24.3 Å². The number of H-pyrrole nitrogens is 1. The average Bonchev–Trinajstić information content (AvgIpc) is 3.15. The average molecular weight is 398 g/mol. The molecule has 0 aliphatic heterocycles. The van der Waals surface area contributed by atoms with E-state index in [0.29, 0.717) is 6.07 Å². The van der Waals surface area contributed by atoms with E-state index in [2.05, 4.69) is 32.5 Å². The number of amides is 2. The summed E-state index contributed by atoms with van der Waals surface area (Å²) in [5.74, 6) is -2.90. The Kier molecular flexibility index (Phi) is 5.54. The van der Waals surface area contributed by atoms with Gasteiger partial charge in [-0.15, -0.1) is 0 Å². The van der Waals surface area contributed by atoms with Gasteiger partial charge in [-0.25, -0.2) is 13.8 Å². The molecule has 3 rings (SSSR count). The first kappa shape index (κ1) is 19.5. The van der Waals surface area contributed by atoms with E-state index in [4.69, 9.17) is 5.73 Å². The van der Waals surface area contributed by atoms with Crippen molar-refractivity contribution < 1.29 is 18.4 Å². The van der Waals surface area contributed by atoms with Gasteiger partial charge < -0.3 is 21.4 Å². The first-order chi connectivity index (χ1) is 13.8. The third kappa shape index (κ3) is 4.75. The molecule has 1 aromatic heterocycles. The van der Waals surface area contributed by atoms with Crippen LogP contribution in [0, 0.1) is 11.6 Å². The van der Waals surface area contributed by atoms with Gasteiger partial charge in [0.05, 0.1) is 16.9 Å². The van der Waals surface area contributed by atoms with Crippen LogP contribution in [-0.4, -0.2) is 21.8 Å². The van der Waals surface area contributed by atoms with Crippen molar-refractivity contribution in [3.05, 3.63) is 84.0 Å². The van der Waals surface area contributed by atoms with Gasteiger partial charge in [0.25, 0.3) is 11.8 Å². The Morgan fingerprint density at radius 3 is 2.45 bits per heavy atom. The number of rotatable bonds is 6. The monoisotopic (exact) mass is 398 g/mol. The summed E-state index contributed by atoms with van der Waals surface area (Å²) in [7, 11) is 0. The molecule has 0 aliphatic carbocycles. The van der Waals surface area contributed by atoms with Crippen molar-refractivity contribution in [2.24, 2.45) is 0 Å². The first-order valence-electron chi connectivity index (χ1n) is 8.26. The van der Waals surface area contributed by atoms with Crippen molar-refractivity contribution >= 4 is 29.1 Å². The van der Waals surface area contributed by atoms with Gasteiger partial charge in [0.15, 0.2) is 0 Å². The summed E-state index contributed by atoms with van der Waals surface area (Å²) < 4.78 is 26.6. The number of nitrogens with two attached hydrogens (primary N) is 1. The number of aromatic nitrogens is 2. The second-order valence-corrected chi connectivity index (χ2v) is 5.88. The van der Waals surface area contributed by atoms with Crippen molar-refractivity contribution in [2.75, 3.05) is 16.4 Å². The standard InChI is InChI=1S/C19H16F2N6O2/c1-10(26-17(28)11-7-12(20)9-13(21)8-11)25-16-14(3-2-4-15(16)22)18(29)27-19-23-5-6-24-19/h2-9,25H,1,22H2,(H,26,28)(H2,23,24,27,29). The second kappa shape index (κ2) is 8.21. The third-order valence-electron chi connectivity index (χ3n) is 3.74. The predicted molar refractivity (Wildman–Crippen MR) is 104 cm³/mol. The van der Waals surface area contributed by atoms with Crippen LogP contribution in [0.25, 0.3) is 0 Å². The van der Waals surface area contributed by atoms with Gasteiger partial charge in [-0.1, -0.05) is 12.6 Å². The quantitative estimate of drug-likeness (QED) is 0.408. The molecule has 3 aromatic rings. The van der Waals surface area contributed by atoms with Crippen LogP contribution in [0.2, 0.25) is 0 Å². The Labute approximate surface area is 163 Å². The lowest BCUT2D eigenvalue weighted by Gasteiger charge is -2.16. The lowest BCUT2D eigenvalue weighted by atomic mass is 10.1. The van der Waals surface area contributed by atoms with Crippen LogP contribution in [-0.2, 0) is 0 Å². The molecule has 0 radical (unpaired) electrons. The molecule has 0 atom stereocenters. The predicted octanol–water partition coefficient (Wildman–Crippen LogP) is 2.84. The minimum Gasteiger partial charge on any atom is -0.397 e. The molecule has 2 amide bonds. The molecule has 0 saturated carbocycles. The maximum absolute atomic E-state index is 13.3. The van der Waals surface area contributed by atoms with Crippen LogP contribution in [0.5, 0.6) is 0 Å². The number of nitrogen functional groups attached to an aromatic ring is 1. The third-order valence-corrected chi connectivity index (χ3v) is 3.74. The van der Waals surface area contributed by atoms with Crippen LogP contribution < -0.4 is 21.7 Å². The fourth-order valence-electron chi connectivity index (χ4n) is 2.48. The zero-order chi connectivity index (χ0) is 21.0. The Morgan fingerprint density at radius 1 is 1.07 bits per heavy atom. The van der Waals surface area contributed by atoms with Gasteiger partial charge in [-0.2, -0.15) is 0 Å². The van der Waals surface area contributed by atoms with E-state index < -0.39 is 23.4 Å². The van der Waals surface area contributed by atoms with Gasteiger partial charge in [0, 0.05) is 24.0 Å². The molecule has 0 spiro atoms. The number of anilines is 3. The Balaban J connectivity index is 1.76. The molecule has 6 N–H and O–H groups in total. The maximum atomic E-state index is 13.3. The zero-order valence-corrected chi connectivity index (χ0v) is 14.9. The van der Waals surface area contributed by atoms with Crippen LogP contribution in [0.15, 0.2) is 61.2 Å². The Bertz CT molecular complexity index is 1060. The zero-order valence-electron chi connectivity index (χ0n) is 14.9. The molecule has 0 saturated heterocycles. The van der Waals surface area contributed by atoms with E-state index in [9.17, 15) is 18.4 Å². The molecular weight excluding hydrogens is 382 g/mol. The van der Waals surface area contributed by atoms with Crippen LogP contribution in [0.4, 0.5) is 26.1 Å². The summed E-state index contributed by atoms with van der Waals surface area (Å²) >= 11 is 0. The van der Waals surface area contributed by atoms with Crippen LogP contribution >= 0.6 is 0 Å². The van der Waals surface area contributed by atoms with Gasteiger partial charge in [0.2, 0.25) is 5.95 Å². The number of carbonyl (C=O) groups excluding carboxylic acids is 2. The molecule has 8 nitrogen and oxygen atoms in total. The second-order valence-electron chi connectivity index (χ2n) is 5.88. The Hall–Kier alpha value is -4.21. The van der Waals surface area contributed by atoms with E-state index in [-0.39, 0.29) is 34.3 Å². The molecule has 0 bridgehead atoms. The number of nitrogens with zero attached hydrogens (tertiary/aromatic N) is 1. The Morgan fingerprint density at radius 2 is 1.79 bits per heavy atom. The van der Waals surface area contributed by atoms with E-state index >= 15 is 0 Å². The molecule has 0 unspecified atom stereocenters. The topological polar surface area (TPSA) is 125 Å². The largest absolute Gasteiger partial charge is 0.397 e. The summed E-state index contributed by atoms with van der Waals surface area (Å²) in [5, 5.41) is 7.65. The number of para-hydroxylation sites is 1. The summed E-state index contributed by atoms with van der Waals surface area (Å²) in [6, 6.07) is 7.04. The van der Waals surface area contributed by atoms with E-state index in [0.717, 1.165) is 12.1 Å². The molecule has 0 aliphatic rings.